The minimum atomic E-state index is -0.537. The summed E-state index contributed by atoms with van der Waals surface area (Å²) in [5, 5.41) is 11.3. The smallest absolute Gasteiger partial charge is 0.235 e. The highest BCUT2D eigenvalue weighted by molar-refractivity contribution is 6.27. The Hall–Kier alpha value is -7.10. The predicted molar refractivity (Wildman–Crippen MR) is 223 cm³/mol. The predicted octanol–water partition coefficient (Wildman–Crippen LogP) is 12.5. The second kappa shape index (κ2) is 10.1. The minimum absolute atomic E-state index is 0.537. The van der Waals surface area contributed by atoms with Crippen molar-refractivity contribution in [1.29, 1.82) is 0 Å². The van der Waals surface area contributed by atoms with Gasteiger partial charge >= 0.3 is 0 Å². The highest BCUT2D eigenvalue weighted by Gasteiger charge is 2.51. The zero-order valence-electron chi connectivity index (χ0n) is 29.1. The van der Waals surface area contributed by atoms with Crippen LogP contribution in [0.2, 0.25) is 0 Å². The zero-order chi connectivity index (χ0) is 35.1. The first-order valence-corrected chi connectivity index (χ1v) is 18.7. The first kappa shape index (κ1) is 28.5. The van der Waals surface area contributed by atoms with Crippen molar-refractivity contribution in [2.24, 2.45) is 0 Å². The summed E-state index contributed by atoms with van der Waals surface area (Å²) in [6.07, 6.45) is 0. The van der Waals surface area contributed by atoms with Crippen LogP contribution in [0.25, 0.3) is 93.4 Å². The monoisotopic (exact) mass is 683 g/mol. The normalized spacial score (nSPS) is 13.7. The van der Waals surface area contributed by atoms with E-state index in [0.29, 0.717) is 5.95 Å². The fourth-order valence-corrected chi connectivity index (χ4v) is 10.3. The molecule has 0 saturated heterocycles. The number of benzene rings is 9. The number of nitrogens with zero attached hydrogens (tertiary/aromatic N) is 3. The van der Waals surface area contributed by atoms with Gasteiger partial charge in [-0.25, -0.2) is 9.97 Å². The van der Waals surface area contributed by atoms with Crippen molar-refractivity contribution in [2.75, 3.05) is 0 Å². The Morgan fingerprint density at radius 3 is 1.69 bits per heavy atom. The molecule has 3 nitrogen and oxygen atoms in total. The summed E-state index contributed by atoms with van der Waals surface area (Å²) in [5.74, 6) is 0.682. The fourth-order valence-electron chi connectivity index (χ4n) is 10.3. The number of para-hydroxylation sites is 1. The molecule has 0 fully saturated rings. The maximum absolute atomic E-state index is 5.42. The van der Waals surface area contributed by atoms with E-state index in [2.05, 4.69) is 180 Å². The minimum Gasteiger partial charge on any atom is -0.278 e. The lowest BCUT2D eigenvalue weighted by Crippen LogP contribution is -2.30. The van der Waals surface area contributed by atoms with Crippen LogP contribution in [0, 0.1) is 0 Å². The van der Waals surface area contributed by atoms with Crippen LogP contribution in [-0.2, 0) is 5.41 Å². The molecule has 0 aliphatic heterocycles. The van der Waals surface area contributed by atoms with Gasteiger partial charge in [-0.15, -0.1) is 0 Å². The van der Waals surface area contributed by atoms with Crippen molar-refractivity contribution in [1.82, 2.24) is 14.5 Å². The topological polar surface area (TPSA) is 30.7 Å². The van der Waals surface area contributed by atoms with Crippen LogP contribution in [0.1, 0.15) is 22.3 Å². The number of hydrogen-bond acceptors (Lipinski definition) is 2. The summed E-state index contributed by atoms with van der Waals surface area (Å²) in [4.78, 5) is 10.7. The lowest BCUT2D eigenvalue weighted by molar-refractivity contribution is 0.784. The highest BCUT2D eigenvalue weighted by atomic mass is 15.2. The second-order valence-electron chi connectivity index (χ2n) is 14.8. The van der Waals surface area contributed by atoms with E-state index in [1.54, 1.807) is 0 Å². The van der Waals surface area contributed by atoms with E-state index >= 15 is 0 Å². The van der Waals surface area contributed by atoms with Crippen LogP contribution < -0.4 is 0 Å². The Balaban J connectivity index is 1.23. The Labute approximate surface area is 310 Å². The van der Waals surface area contributed by atoms with Crippen LogP contribution in [0.15, 0.2) is 176 Å². The summed E-state index contributed by atoms with van der Waals surface area (Å²) in [5.41, 5.74) is 12.7. The van der Waals surface area contributed by atoms with Gasteiger partial charge in [0.15, 0.2) is 0 Å². The van der Waals surface area contributed by atoms with Crippen molar-refractivity contribution >= 4 is 65.0 Å². The third-order valence-corrected chi connectivity index (χ3v) is 12.4. The molecule has 2 heterocycles. The van der Waals surface area contributed by atoms with Gasteiger partial charge in [0.25, 0.3) is 0 Å². The van der Waals surface area contributed by atoms with Crippen molar-refractivity contribution < 1.29 is 0 Å². The van der Waals surface area contributed by atoms with E-state index in [4.69, 9.17) is 9.97 Å². The number of aromatic nitrogens is 3. The van der Waals surface area contributed by atoms with Crippen molar-refractivity contribution in [3.63, 3.8) is 0 Å². The molecule has 1 spiro atoms. The van der Waals surface area contributed by atoms with Crippen LogP contribution in [0.3, 0.4) is 0 Å². The Morgan fingerprint density at radius 2 is 0.944 bits per heavy atom. The Bertz CT molecular complexity index is 3360. The molecule has 0 bridgehead atoms. The first-order chi connectivity index (χ1) is 26.8. The molecule has 0 saturated carbocycles. The van der Waals surface area contributed by atoms with Gasteiger partial charge in [-0.1, -0.05) is 158 Å². The van der Waals surface area contributed by atoms with Gasteiger partial charge in [0.1, 0.15) is 0 Å². The van der Waals surface area contributed by atoms with Crippen LogP contribution in [0.4, 0.5) is 0 Å². The molecule has 0 N–H and O–H groups in total. The first-order valence-electron chi connectivity index (χ1n) is 18.7. The highest BCUT2D eigenvalue weighted by Crippen LogP contribution is 2.64. The molecule has 2 aromatic heterocycles. The average Bonchev–Trinajstić information content (AvgIpc) is 3.74. The number of fused-ring (bicyclic) bond motifs is 12. The quantitative estimate of drug-likeness (QED) is 0.182. The lowest BCUT2D eigenvalue weighted by atomic mass is 9.63. The Morgan fingerprint density at radius 1 is 0.370 bits per heavy atom. The van der Waals surface area contributed by atoms with E-state index in [1.807, 2.05) is 0 Å². The SMILES string of the molecule is c1ccc(-c2nc(-n3c4cccc5c4c4c6c(cccc6ccc43)C53c4ccc5ccccc5c4-c4c3ccc3ccccc43)nc3ccccc23)cc1. The summed E-state index contributed by atoms with van der Waals surface area (Å²) in [7, 11) is 0. The molecule has 11 aromatic rings. The van der Waals surface area contributed by atoms with Crippen LogP contribution in [-0.4, -0.2) is 14.5 Å². The molecule has 2 aliphatic carbocycles. The molecule has 9 aromatic carbocycles. The van der Waals surface area contributed by atoms with E-state index in [0.717, 1.165) is 33.2 Å². The third-order valence-electron chi connectivity index (χ3n) is 12.4. The van der Waals surface area contributed by atoms with Gasteiger partial charge in [0, 0.05) is 21.7 Å². The summed E-state index contributed by atoms with van der Waals surface area (Å²) >= 11 is 0. The largest absolute Gasteiger partial charge is 0.278 e. The number of hydrogen-bond donors (Lipinski definition) is 0. The van der Waals surface area contributed by atoms with Gasteiger partial charge < -0.3 is 0 Å². The van der Waals surface area contributed by atoms with Gasteiger partial charge in [0.2, 0.25) is 5.95 Å². The number of rotatable bonds is 2. The average molecular weight is 684 g/mol. The molecule has 0 atom stereocenters. The molecule has 2 aliphatic rings. The van der Waals surface area contributed by atoms with Gasteiger partial charge in [-0.05, 0) is 83.9 Å². The molecule has 3 heteroatoms. The molecule has 0 amide bonds. The van der Waals surface area contributed by atoms with Gasteiger partial charge in [0.05, 0.1) is 27.7 Å². The summed E-state index contributed by atoms with van der Waals surface area (Å²) < 4.78 is 2.32. The van der Waals surface area contributed by atoms with Gasteiger partial charge in [-0.2, -0.15) is 0 Å². The molecule has 13 rings (SSSR count). The third kappa shape index (κ3) is 3.34. The second-order valence-corrected chi connectivity index (χ2v) is 14.8. The van der Waals surface area contributed by atoms with E-state index < -0.39 is 5.41 Å². The molecule has 248 valence electrons. The molecular formula is C51H29N3. The van der Waals surface area contributed by atoms with E-state index in [-0.39, 0.29) is 0 Å². The zero-order valence-corrected chi connectivity index (χ0v) is 29.1. The van der Waals surface area contributed by atoms with Crippen molar-refractivity contribution in [3.8, 4) is 28.3 Å². The standard InChI is InChI=1S/C51H29N3/c1-2-14-33(15-3-1)49-36-19-8-9-22-41(36)52-50(53-49)54-42-23-11-21-38-47(42)48-43(54)29-26-32-16-10-20-37(44(32)48)51(38)39-27-24-30-12-4-6-17-34(30)45(39)46-35-18-7-5-13-31(35)25-28-40(46)51/h1-29H. The van der Waals surface area contributed by atoms with E-state index in [9.17, 15) is 0 Å². The maximum atomic E-state index is 5.42. The summed E-state index contributed by atoms with van der Waals surface area (Å²) in [6, 6.07) is 64.6. The van der Waals surface area contributed by atoms with E-state index in [1.165, 1.54) is 76.5 Å². The van der Waals surface area contributed by atoms with Crippen molar-refractivity contribution in [2.45, 2.75) is 5.41 Å². The van der Waals surface area contributed by atoms with Gasteiger partial charge in [-0.3, -0.25) is 4.57 Å². The van der Waals surface area contributed by atoms with Crippen LogP contribution in [0.5, 0.6) is 0 Å². The van der Waals surface area contributed by atoms with Crippen LogP contribution >= 0.6 is 0 Å². The molecular weight excluding hydrogens is 655 g/mol. The summed E-state index contributed by atoms with van der Waals surface area (Å²) in [6.45, 7) is 0. The van der Waals surface area contributed by atoms with Crippen molar-refractivity contribution in [3.05, 3.63) is 198 Å². The maximum Gasteiger partial charge on any atom is 0.235 e. The Kier molecular flexibility index (Phi) is 5.31. The molecule has 54 heavy (non-hydrogen) atoms. The molecule has 0 radical (unpaired) electrons. The molecule has 0 unspecified atom stereocenters. The fraction of sp³-hybridized carbons (Fsp3) is 0.0196. The lowest BCUT2D eigenvalue weighted by Gasteiger charge is -2.38.